The lowest BCUT2D eigenvalue weighted by atomic mass is 10.1. The zero-order valence-corrected chi connectivity index (χ0v) is 25.2. The minimum atomic E-state index is -0.0455. The first kappa shape index (κ1) is 28.4. The Labute approximate surface area is 251 Å². The van der Waals surface area contributed by atoms with E-state index in [0.29, 0.717) is 48.9 Å². The smallest absolute Gasteiger partial charge is 0.254 e. The molecule has 4 aromatic rings. The third-order valence-electron chi connectivity index (χ3n) is 6.86. The van der Waals surface area contributed by atoms with Gasteiger partial charge in [-0.05, 0) is 61.9 Å². The van der Waals surface area contributed by atoms with Gasteiger partial charge in [0.2, 0.25) is 5.91 Å². The minimum Gasteiger partial charge on any atom is -0.339 e. The number of rotatable bonds is 8. The molecule has 1 saturated heterocycles. The van der Waals surface area contributed by atoms with Gasteiger partial charge in [0.1, 0.15) is 0 Å². The molecule has 1 unspecified atom stereocenters. The van der Waals surface area contributed by atoms with Crippen LogP contribution in [0, 0.1) is 0 Å². The van der Waals surface area contributed by atoms with Crippen molar-refractivity contribution in [1.29, 1.82) is 0 Å². The van der Waals surface area contributed by atoms with Crippen molar-refractivity contribution in [3.05, 3.63) is 93.9 Å². The van der Waals surface area contributed by atoms with Gasteiger partial charge in [-0.1, -0.05) is 69.6 Å². The van der Waals surface area contributed by atoms with Gasteiger partial charge in [-0.3, -0.25) is 14.2 Å². The molecule has 1 aliphatic heterocycles. The van der Waals surface area contributed by atoms with Crippen molar-refractivity contribution in [2.75, 3.05) is 25.4 Å². The van der Waals surface area contributed by atoms with Crippen LogP contribution in [0.3, 0.4) is 0 Å². The molecule has 0 N–H and O–H groups in total. The summed E-state index contributed by atoms with van der Waals surface area (Å²) in [5.41, 5.74) is 2.42. The van der Waals surface area contributed by atoms with Gasteiger partial charge in [0.25, 0.3) is 5.91 Å². The standard InChI is InChI=1S/C30H29BrClN5O2S/c1-21-20-35(17-18-36(21)29(39)22-13-15-23(31)16-14-22)27(38)12-7-19-40-30-34-33-28(25-10-5-6-11-26(25)32)37(30)24-8-3-2-4-9-24/h2-6,8-11,13-16,21H,7,12,17-20H2,1H3. The first-order valence-corrected chi connectivity index (χ1v) is 15.3. The number of para-hydroxylation sites is 1. The Kier molecular flexibility index (Phi) is 9.24. The topological polar surface area (TPSA) is 71.3 Å². The number of thioether (sulfide) groups is 1. The van der Waals surface area contributed by atoms with E-state index in [4.69, 9.17) is 11.6 Å². The highest BCUT2D eigenvalue weighted by Crippen LogP contribution is 2.32. The average Bonchev–Trinajstić information content (AvgIpc) is 3.39. The second-order valence-corrected chi connectivity index (χ2v) is 12.0. The Hall–Kier alpha value is -3.14. The number of aromatic nitrogens is 3. The van der Waals surface area contributed by atoms with Crippen molar-refractivity contribution in [1.82, 2.24) is 24.6 Å². The van der Waals surface area contributed by atoms with E-state index in [2.05, 4.69) is 26.1 Å². The van der Waals surface area contributed by atoms with E-state index in [1.165, 1.54) is 0 Å². The zero-order valence-electron chi connectivity index (χ0n) is 22.0. The lowest BCUT2D eigenvalue weighted by Gasteiger charge is -2.40. The van der Waals surface area contributed by atoms with Crippen molar-refractivity contribution >= 4 is 51.1 Å². The number of carbonyl (C=O) groups is 2. The molecule has 5 rings (SSSR count). The Morgan fingerprint density at radius 1 is 0.975 bits per heavy atom. The van der Waals surface area contributed by atoms with Gasteiger partial charge in [0.05, 0.1) is 5.02 Å². The van der Waals surface area contributed by atoms with Crippen LogP contribution < -0.4 is 0 Å². The molecule has 0 spiro atoms. The molecular formula is C30H29BrClN5O2S. The third-order valence-corrected chi connectivity index (χ3v) is 8.73. The summed E-state index contributed by atoms with van der Waals surface area (Å²) in [5, 5.41) is 10.3. The van der Waals surface area contributed by atoms with Crippen molar-refractivity contribution in [2.45, 2.75) is 31.0 Å². The Bertz CT molecular complexity index is 1480. The van der Waals surface area contributed by atoms with Crippen LogP contribution >= 0.6 is 39.3 Å². The third kappa shape index (κ3) is 6.43. The molecule has 206 valence electrons. The molecule has 2 heterocycles. The van der Waals surface area contributed by atoms with E-state index < -0.39 is 0 Å². The molecule has 40 heavy (non-hydrogen) atoms. The number of carbonyl (C=O) groups excluding carboxylic acids is 2. The zero-order chi connectivity index (χ0) is 28.1. The molecule has 1 atom stereocenters. The molecule has 0 saturated carbocycles. The first-order chi connectivity index (χ1) is 19.4. The summed E-state index contributed by atoms with van der Waals surface area (Å²) < 4.78 is 2.95. The second kappa shape index (κ2) is 13.0. The molecular weight excluding hydrogens is 610 g/mol. The quantitative estimate of drug-likeness (QED) is 0.161. The van der Waals surface area contributed by atoms with Gasteiger partial charge in [0.15, 0.2) is 11.0 Å². The summed E-state index contributed by atoms with van der Waals surface area (Å²) in [6.45, 7) is 3.61. The van der Waals surface area contributed by atoms with Crippen molar-refractivity contribution in [3.8, 4) is 17.1 Å². The van der Waals surface area contributed by atoms with Crippen LogP contribution in [-0.4, -0.2) is 67.8 Å². The molecule has 2 amide bonds. The highest BCUT2D eigenvalue weighted by atomic mass is 79.9. The number of hydrogen-bond donors (Lipinski definition) is 0. The van der Waals surface area contributed by atoms with Crippen molar-refractivity contribution in [3.63, 3.8) is 0 Å². The van der Waals surface area contributed by atoms with Crippen LogP contribution in [0.25, 0.3) is 17.1 Å². The van der Waals surface area contributed by atoms with Crippen LogP contribution in [0.1, 0.15) is 30.1 Å². The van der Waals surface area contributed by atoms with E-state index in [1.54, 1.807) is 11.8 Å². The van der Waals surface area contributed by atoms with Gasteiger partial charge in [-0.2, -0.15) is 0 Å². The molecule has 1 aliphatic rings. The fourth-order valence-electron chi connectivity index (χ4n) is 4.78. The SMILES string of the molecule is CC1CN(C(=O)CCCSc2nnc(-c3ccccc3Cl)n2-c2ccccc2)CCN1C(=O)c1ccc(Br)cc1. The van der Waals surface area contributed by atoms with E-state index in [0.717, 1.165) is 26.6 Å². The lowest BCUT2D eigenvalue weighted by Crippen LogP contribution is -2.55. The van der Waals surface area contributed by atoms with E-state index in [9.17, 15) is 9.59 Å². The normalized spacial score (nSPS) is 15.3. The molecule has 0 bridgehead atoms. The van der Waals surface area contributed by atoms with Crippen LogP contribution in [0.4, 0.5) is 0 Å². The van der Waals surface area contributed by atoms with Crippen LogP contribution in [0.2, 0.25) is 5.02 Å². The summed E-state index contributed by atoms with van der Waals surface area (Å²) >= 11 is 11.5. The highest BCUT2D eigenvalue weighted by Gasteiger charge is 2.30. The molecule has 1 aromatic heterocycles. The molecule has 10 heteroatoms. The number of amides is 2. The summed E-state index contributed by atoms with van der Waals surface area (Å²) in [6, 6.07) is 24.9. The van der Waals surface area contributed by atoms with Gasteiger partial charge in [-0.15, -0.1) is 10.2 Å². The number of halogens is 2. The maximum atomic E-state index is 13.0. The number of nitrogens with zero attached hydrogens (tertiary/aromatic N) is 5. The predicted octanol–water partition coefficient (Wildman–Crippen LogP) is 6.60. The average molecular weight is 639 g/mol. The second-order valence-electron chi connectivity index (χ2n) is 9.60. The number of piperazine rings is 1. The lowest BCUT2D eigenvalue weighted by molar-refractivity contribution is -0.133. The Morgan fingerprint density at radius 3 is 2.42 bits per heavy atom. The summed E-state index contributed by atoms with van der Waals surface area (Å²) in [7, 11) is 0. The fraction of sp³-hybridized carbons (Fsp3) is 0.267. The molecule has 0 radical (unpaired) electrons. The largest absolute Gasteiger partial charge is 0.339 e. The first-order valence-electron chi connectivity index (χ1n) is 13.1. The van der Waals surface area contributed by atoms with Gasteiger partial charge >= 0.3 is 0 Å². The molecule has 1 fully saturated rings. The predicted molar refractivity (Wildman–Crippen MR) is 163 cm³/mol. The maximum Gasteiger partial charge on any atom is 0.254 e. The van der Waals surface area contributed by atoms with Gasteiger partial charge in [0, 0.05) is 59.1 Å². The van der Waals surface area contributed by atoms with Crippen LogP contribution in [0.5, 0.6) is 0 Å². The Morgan fingerprint density at radius 2 is 1.70 bits per heavy atom. The monoisotopic (exact) mass is 637 g/mol. The molecule has 3 aromatic carbocycles. The number of benzene rings is 3. The van der Waals surface area contributed by atoms with Crippen LogP contribution in [0.15, 0.2) is 88.5 Å². The fourth-order valence-corrected chi connectivity index (χ4v) is 6.15. The summed E-state index contributed by atoms with van der Waals surface area (Å²) in [6.07, 6.45) is 1.15. The van der Waals surface area contributed by atoms with E-state index >= 15 is 0 Å². The van der Waals surface area contributed by atoms with Crippen molar-refractivity contribution in [2.24, 2.45) is 0 Å². The molecule has 7 nitrogen and oxygen atoms in total. The molecule has 0 aliphatic carbocycles. The van der Waals surface area contributed by atoms with Gasteiger partial charge < -0.3 is 9.80 Å². The van der Waals surface area contributed by atoms with Gasteiger partial charge in [-0.25, -0.2) is 0 Å². The maximum absolute atomic E-state index is 13.0. The number of hydrogen-bond acceptors (Lipinski definition) is 5. The highest BCUT2D eigenvalue weighted by molar-refractivity contribution is 9.10. The van der Waals surface area contributed by atoms with E-state index in [-0.39, 0.29) is 17.9 Å². The van der Waals surface area contributed by atoms with E-state index in [1.807, 2.05) is 100 Å². The minimum absolute atomic E-state index is 0.00202. The summed E-state index contributed by atoms with van der Waals surface area (Å²) in [4.78, 5) is 29.7. The summed E-state index contributed by atoms with van der Waals surface area (Å²) in [5.74, 6) is 1.52. The van der Waals surface area contributed by atoms with Crippen LogP contribution in [-0.2, 0) is 4.79 Å². The Balaban J connectivity index is 1.17. The van der Waals surface area contributed by atoms with Crippen molar-refractivity contribution < 1.29 is 9.59 Å².